The first-order valence-corrected chi connectivity index (χ1v) is 7.31. The molecule has 1 unspecified atom stereocenters. The second-order valence-electron chi connectivity index (χ2n) is 4.98. The van der Waals surface area contributed by atoms with Gasteiger partial charge in [-0.15, -0.1) is 0 Å². The van der Waals surface area contributed by atoms with Gasteiger partial charge in [0.1, 0.15) is 5.75 Å². The topological polar surface area (TPSA) is 66.8 Å². The molecule has 4 nitrogen and oxygen atoms in total. The molecule has 0 bridgehead atoms. The maximum atomic E-state index is 11.6. The van der Waals surface area contributed by atoms with Gasteiger partial charge in [0.2, 0.25) is 0 Å². The van der Waals surface area contributed by atoms with E-state index in [2.05, 4.69) is 0 Å². The molecule has 0 aromatic heterocycles. The van der Waals surface area contributed by atoms with E-state index < -0.39 is 12.1 Å². The highest BCUT2D eigenvalue weighted by molar-refractivity contribution is 6.33. The van der Waals surface area contributed by atoms with Gasteiger partial charge in [0.25, 0.3) is 0 Å². The molecule has 20 heavy (non-hydrogen) atoms. The highest BCUT2D eigenvalue weighted by atomic mass is 35.5. The van der Waals surface area contributed by atoms with Gasteiger partial charge in [0.05, 0.1) is 11.6 Å². The number of benzene rings is 1. The molecular formula is C15H19ClO4. The largest absolute Gasteiger partial charge is 0.506 e. The van der Waals surface area contributed by atoms with E-state index >= 15 is 0 Å². The van der Waals surface area contributed by atoms with Gasteiger partial charge in [-0.1, -0.05) is 18.0 Å². The molecule has 1 aliphatic carbocycles. The molecule has 1 atom stereocenters. The SMILES string of the molecule is CCOC(=O)C(O)c1cc2c(c(Cl)c1O)CCCCC2. The number of phenolic OH excluding ortho intramolecular Hbond substituents is 1. The van der Waals surface area contributed by atoms with E-state index in [0.29, 0.717) is 0 Å². The monoisotopic (exact) mass is 298 g/mol. The molecule has 2 N–H and O–H groups in total. The van der Waals surface area contributed by atoms with Gasteiger partial charge >= 0.3 is 5.97 Å². The van der Waals surface area contributed by atoms with Crippen LogP contribution in [0.25, 0.3) is 0 Å². The fourth-order valence-corrected chi connectivity index (χ4v) is 2.92. The van der Waals surface area contributed by atoms with Crippen LogP contribution in [0.3, 0.4) is 0 Å². The zero-order valence-electron chi connectivity index (χ0n) is 11.5. The van der Waals surface area contributed by atoms with Crippen LogP contribution in [0.4, 0.5) is 0 Å². The van der Waals surface area contributed by atoms with Crippen LogP contribution in [0, 0.1) is 0 Å². The quantitative estimate of drug-likeness (QED) is 0.665. The number of hydrogen-bond acceptors (Lipinski definition) is 4. The second kappa shape index (κ2) is 6.46. The molecule has 1 aliphatic rings. The Hall–Kier alpha value is -1.26. The fourth-order valence-electron chi connectivity index (χ4n) is 2.60. The minimum atomic E-state index is -1.50. The van der Waals surface area contributed by atoms with Gasteiger partial charge in [-0.05, 0) is 49.8 Å². The van der Waals surface area contributed by atoms with Gasteiger partial charge in [-0.3, -0.25) is 0 Å². The summed E-state index contributed by atoms with van der Waals surface area (Å²) in [5.41, 5.74) is 2.07. The predicted octanol–water partition coefficient (Wildman–Crippen LogP) is 2.91. The molecule has 1 aromatic rings. The number of fused-ring (bicyclic) bond motifs is 1. The summed E-state index contributed by atoms with van der Waals surface area (Å²) in [7, 11) is 0. The molecule has 110 valence electrons. The van der Waals surface area contributed by atoms with Gasteiger partial charge in [0.15, 0.2) is 6.10 Å². The Labute approximate surface area is 123 Å². The van der Waals surface area contributed by atoms with Crippen molar-refractivity contribution in [3.05, 3.63) is 27.8 Å². The lowest BCUT2D eigenvalue weighted by Gasteiger charge is -2.17. The van der Waals surface area contributed by atoms with E-state index in [9.17, 15) is 15.0 Å². The van der Waals surface area contributed by atoms with Crippen molar-refractivity contribution in [3.8, 4) is 5.75 Å². The predicted molar refractivity (Wildman–Crippen MR) is 76.0 cm³/mol. The minimum absolute atomic E-state index is 0.133. The van der Waals surface area contributed by atoms with Crippen LogP contribution in [0.2, 0.25) is 5.02 Å². The zero-order valence-corrected chi connectivity index (χ0v) is 12.2. The number of aliphatic hydroxyl groups excluding tert-OH is 1. The molecule has 0 radical (unpaired) electrons. The lowest BCUT2D eigenvalue weighted by Crippen LogP contribution is -2.16. The van der Waals surface area contributed by atoms with Crippen molar-refractivity contribution in [2.75, 3.05) is 6.61 Å². The molecule has 1 aromatic carbocycles. The third kappa shape index (κ3) is 2.91. The number of carbonyl (C=O) groups is 1. The standard InChI is InChI=1S/C15H19ClO4/c1-2-20-15(19)14(18)11-8-9-6-4-3-5-7-10(9)12(16)13(11)17/h8,14,17-18H,2-7H2,1H3. The minimum Gasteiger partial charge on any atom is -0.506 e. The number of aliphatic hydroxyl groups is 1. The Kier molecular flexibility index (Phi) is 4.89. The molecule has 5 heteroatoms. The number of esters is 1. The highest BCUT2D eigenvalue weighted by Gasteiger charge is 2.26. The molecule has 0 heterocycles. The lowest BCUT2D eigenvalue weighted by molar-refractivity contribution is -0.153. The Morgan fingerprint density at radius 3 is 2.80 bits per heavy atom. The fraction of sp³-hybridized carbons (Fsp3) is 0.533. The zero-order chi connectivity index (χ0) is 14.7. The molecule has 0 spiro atoms. The number of carbonyl (C=O) groups excluding carboxylic acids is 1. The van der Waals surface area contributed by atoms with Crippen molar-refractivity contribution >= 4 is 17.6 Å². The molecule has 0 amide bonds. The van der Waals surface area contributed by atoms with Crippen molar-refractivity contribution in [1.82, 2.24) is 0 Å². The summed E-state index contributed by atoms with van der Waals surface area (Å²) < 4.78 is 4.78. The first kappa shape index (κ1) is 15.1. The average Bonchev–Trinajstić information content (AvgIpc) is 2.67. The lowest BCUT2D eigenvalue weighted by atomic mass is 9.96. The summed E-state index contributed by atoms with van der Waals surface area (Å²) in [6, 6.07) is 1.68. The van der Waals surface area contributed by atoms with E-state index in [4.69, 9.17) is 16.3 Å². The molecule has 0 aliphatic heterocycles. The smallest absolute Gasteiger partial charge is 0.339 e. The van der Waals surface area contributed by atoms with Gasteiger partial charge < -0.3 is 14.9 Å². The van der Waals surface area contributed by atoms with Crippen LogP contribution in [0.15, 0.2) is 6.07 Å². The van der Waals surface area contributed by atoms with Crippen LogP contribution in [0.1, 0.15) is 49.0 Å². The average molecular weight is 299 g/mol. The maximum Gasteiger partial charge on any atom is 0.339 e. The van der Waals surface area contributed by atoms with Crippen molar-refractivity contribution in [2.45, 2.75) is 45.1 Å². The van der Waals surface area contributed by atoms with Crippen LogP contribution < -0.4 is 0 Å². The van der Waals surface area contributed by atoms with Crippen molar-refractivity contribution in [2.24, 2.45) is 0 Å². The number of aromatic hydroxyl groups is 1. The van der Waals surface area contributed by atoms with E-state index in [-0.39, 0.29) is 22.9 Å². The number of phenols is 1. The third-order valence-electron chi connectivity index (χ3n) is 3.64. The van der Waals surface area contributed by atoms with Crippen LogP contribution >= 0.6 is 11.6 Å². The third-order valence-corrected chi connectivity index (χ3v) is 4.05. The summed E-state index contributed by atoms with van der Waals surface area (Å²) in [5.74, 6) is -0.986. The number of rotatable bonds is 3. The maximum absolute atomic E-state index is 11.6. The number of ether oxygens (including phenoxy) is 1. The summed E-state index contributed by atoms with van der Waals surface area (Å²) in [4.78, 5) is 11.6. The van der Waals surface area contributed by atoms with Crippen molar-refractivity contribution < 1.29 is 19.7 Å². The molecule has 2 rings (SSSR count). The van der Waals surface area contributed by atoms with E-state index in [1.165, 1.54) is 0 Å². The summed E-state index contributed by atoms with van der Waals surface area (Å²) in [5, 5.41) is 20.4. The molecular weight excluding hydrogens is 280 g/mol. The molecule has 0 saturated heterocycles. The van der Waals surface area contributed by atoms with Crippen LogP contribution in [-0.4, -0.2) is 22.8 Å². The first-order valence-electron chi connectivity index (χ1n) is 6.94. The van der Waals surface area contributed by atoms with Crippen LogP contribution in [0.5, 0.6) is 5.75 Å². The van der Waals surface area contributed by atoms with Crippen molar-refractivity contribution in [3.63, 3.8) is 0 Å². The van der Waals surface area contributed by atoms with E-state index in [1.54, 1.807) is 13.0 Å². The number of hydrogen-bond donors (Lipinski definition) is 2. The van der Waals surface area contributed by atoms with E-state index in [0.717, 1.165) is 43.2 Å². The number of aryl methyl sites for hydroxylation is 1. The molecule has 0 fully saturated rings. The normalized spacial score (nSPS) is 16.1. The van der Waals surface area contributed by atoms with Crippen molar-refractivity contribution in [1.29, 1.82) is 0 Å². The number of halogens is 1. The Balaban J connectivity index is 2.42. The Morgan fingerprint density at radius 2 is 2.10 bits per heavy atom. The Bertz CT molecular complexity index is 513. The van der Waals surface area contributed by atoms with E-state index in [1.807, 2.05) is 0 Å². The van der Waals surface area contributed by atoms with Gasteiger partial charge in [0, 0.05) is 5.56 Å². The summed E-state index contributed by atoms with van der Waals surface area (Å²) in [6.45, 7) is 1.84. The molecule has 0 saturated carbocycles. The summed E-state index contributed by atoms with van der Waals surface area (Å²) in [6.07, 6.45) is 3.35. The van der Waals surface area contributed by atoms with Gasteiger partial charge in [-0.2, -0.15) is 0 Å². The second-order valence-corrected chi connectivity index (χ2v) is 5.36. The summed E-state index contributed by atoms with van der Waals surface area (Å²) >= 11 is 6.20. The van der Waals surface area contributed by atoms with Crippen LogP contribution in [-0.2, 0) is 22.4 Å². The highest BCUT2D eigenvalue weighted by Crippen LogP contribution is 2.39. The first-order chi connectivity index (χ1) is 9.56. The van der Waals surface area contributed by atoms with Gasteiger partial charge in [-0.25, -0.2) is 4.79 Å². The Morgan fingerprint density at radius 1 is 1.40 bits per heavy atom.